The topological polar surface area (TPSA) is 0 Å². The van der Waals surface area contributed by atoms with Crippen molar-refractivity contribution < 1.29 is 0 Å². The highest BCUT2D eigenvalue weighted by Gasteiger charge is 2.06. The van der Waals surface area contributed by atoms with Crippen LogP contribution in [0.25, 0.3) is 0 Å². The quantitative estimate of drug-likeness (QED) is 0.543. The van der Waals surface area contributed by atoms with Gasteiger partial charge in [0.2, 0.25) is 0 Å². The molecule has 0 radical (unpaired) electrons. The maximum absolute atomic E-state index is 5.11. The van der Waals surface area contributed by atoms with Gasteiger partial charge in [-0.1, -0.05) is 46.4 Å². The van der Waals surface area contributed by atoms with Crippen molar-refractivity contribution in [3.8, 4) is 0 Å². The fourth-order valence-electron chi connectivity index (χ4n) is 0. The van der Waals surface area contributed by atoms with Crippen molar-refractivity contribution >= 4 is 92.8 Å². The fourth-order valence-corrected chi connectivity index (χ4v) is 0. The summed E-state index contributed by atoms with van der Waals surface area (Å²) in [6.45, 7) is 0. The highest BCUT2D eigenvalue weighted by molar-refractivity contribution is 6.67. The molecule has 8 heteroatoms. The minimum atomic E-state index is -0.673. The van der Waals surface area contributed by atoms with Gasteiger partial charge in [-0.3, -0.25) is 0 Å². The zero-order chi connectivity index (χ0) is 10.3. The molecule has 0 unspecified atom stereocenters. The van der Waals surface area contributed by atoms with Gasteiger partial charge >= 0.3 is 0 Å². The molecule has 74 valence electrons. The van der Waals surface area contributed by atoms with Gasteiger partial charge in [-0.05, 0) is 0 Å². The largest absolute Gasteiger partial charge is 0.137 e. The van der Waals surface area contributed by atoms with Crippen LogP contribution in [0.4, 0.5) is 0 Å². The van der Waals surface area contributed by atoms with Crippen molar-refractivity contribution in [1.82, 2.24) is 0 Å². The van der Waals surface area contributed by atoms with Crippen molar-refractivity contribution in [2.24, 2.45) is 0 Å². The first-order chi connectivity index (χ1) is 5.29. The summed E-state index contributed by atoms with van der Waals surface area (Å²) >= 11 is 40.4. The minimum Gasteiger partial charge on any atom is -0.102 e. The highest BCUT2D eigenvalue weighted by Crippen LogP contribution is 2.20. The molecule has 0 atom stereocenters. The van der Waals surface area contributed by atoms with Gasteiger partial charge in [0.05, 0.1) is 0 Å². The Bertz CT molecular complexity index is 114. The molecule has 0 saturated carbocycles. The summed E-state index contributed by atoms with van der Waals surface area (Å²) in [6.07, 6.45) is 0. The summed E-state index contributed by atoms with van der Waals surface area (Å²) in [5.74, 6) is 0. The molecule has 0 spiro atoms. The van der Waals surface area contributed by atoms with E-state index in [1.165, 1.54) is 0 Å². The van der Waals surface area contributed by atoms with Crippen molar-refractivity contribution in [3.63, 3.8) is 0 Å². The third kappa shape index (κ3) is 14.6. The minimum absolute atomic E-state index is 0.0988. The van der Waals surface area contributed by atoms with E-state index in [0.717, 1.165) is 0 Å². The molecule has 0 heterocycles. The number of alkyl halides is 4. The molecule has 0 amide bonds. The van der Waals surface area contributed by atoms with Crippen LogP contribution in [0, 0.1) is 0 Å². The Morgan fingerprint density at radius 2 is 0.750 bits per heavy atom. The number of rotatable bonds is 1. The summed E-state index contributed by atoms with van der Waals surface area (Å²) in [5.41, 5.74) is 0. The number of hydrogen-bond acceptors (Lipinski definition) is 0. The Hall–Kier alpha value is 2.06. The maximum atomic E-state index is 5.11. The van der Waals surface area contributed by atoms with Gasteiger partial charge in [0.25, 0.3) is 0 Å². The lowest BCUT2D eigenvalue weighted by Gasteiger charge is -1.95. The predicted octanol–water partition coefficient (Wildman–Crippen LogP) is 5.66. The van der Waals surface area contributed by atoms with E-state index in [9.17, 15) is 0 Å². The Kier molecular flexibility index (Phi) is 13.2. The van der Waals surface area contributed by atoms with Crippen LogP contribution in [0.2, 0.25) is 0 Å². The van der Waals surface area contributed by atoms with Crippen molar-refractivity contribution in [2.75, 3.05) is 0 Å². The molecule has 12 heavy (non-hydrogen) atoms. The Labute approximate surface area is 111 Å². The maximum Gasteiger partial charge on any atom is 0.137 e. The van der Waals surface area contributed by atoms with Gasteiger partial charge in [-0.25, -0.2) is 0 Å². The summed E-state index contributed by atoms with van der Waals surface area (Å²) in [6, 6.07) is 0. The van der Waals surface area contributed by atoms with Gasteiger partial charge in [-0.2, -0.15) is 0 Å². The highest BCUT2D eigenvalue weighted by atomic mass is 35.5. The zero-order valence-electron chi connectivity index (χ0n) is 5.18. The van der Waals surface area contributed by atoms with Gasteiger partial charge in [0.15, 0.2) is 0 Å². The van der Waals surface area contributed by atoms with Crippen LogP contribution < -0.4 is 0 Å². The Balaban J connectivity index is 0. The lowest BCUT2D eigenvalue weighted by molar-refractivity contribution is 1.29. The van der Waals surface area contributed by atoms with Crippen LogP contribution in [0.5, 0.6) is 0 Å². The molecular weight excluding hydrogens is 332 g/mol. The van der Waals surface area contributed by atoms with E-state index in [-0.39, 0.29) is 8.98 Å². The first-order valence-corrected chi connectivity index (χ1v) is 5.47. The van der Waals surface area contributed by atoms with Crippen LogP contribution in [0.15, 0.2) is 8.98 Å². The van der Waals surface area contributed by atoms with E-state index >= 15 is 0 Å². The molecular formula is C4H2Cl8. The van der Waals surface area contributed by atoms with Crippen LogP contribution in [-0.2, 0) is 0 Å². The summed E-state index contributed by atoms with van der Waals surface area (Å²) in [4.78, 5) is -1.35. The molecule has 0 saturated heterocycles. The summed E-state index contributed by atoms with van der Waals surface area (Å²) < 4.78 is -0.198. The SMILES string of the molecule is ClC(Cl)=C(Cl)Cl.ClC(Cl)C(Cl)Cl. The second kappa shape index (κ2) is 9.61. The molecule has 0 aliphatic heterocycles. The first kappa shape index (κ1) is 16.5. The third-order valence-electron chi connectivity index (χ3n) is 0.333. The van der Waals surface area contributed by atoms with Crippen molar-refractivity contribution in [3.05, 3.63) is 8.98 Å². The van der Waals surface area contributed by atoms with Gasteiger partial charge < -0.3 is 0 Å². The molecule has 0 aromatic carbocycles. The van der Waals surface area contributed by atoms with Crippen LogP contribution >= 0.6 is 92.8 Å². The third-order valence-corrected chi connectivity index (χ3v) is 3.00. The van der Waals surface area contributed by atoms with E-state index < -0.39 is 9.67 Å². The van der Waals surface area contributed by atoms with E-state index in [1.54, 1.807) is 0 Å². The number of halogens is 8. The van der Waals surface area contributed by atoms with Gasteiger partial charge in [0, 0.05) is 0 Å². The summed E-state index contributed by atoms with van der Waals surface area (Å²) in [5, 5.41) is 0. The Morgan fingerprint density at radius 3 is 0.750 bits per heavy atom. The number of hydrogen-bond donors (Lipinski definition) is 0. The second-order valence-corrected chi connectivity index (χ2v) is 5.42. The normalized spacial score (nSPS) is 9.50. The van der Waals surface area contributed by atoms with Crippen LogP contribution in [0.1, 0.15) is 0 Å². The standard InChI is InChI=1S/C2H2Cl4.C2Cl4/c2*3-1(4)2(5)6/h1-2H;. The molecule has 0 rings (SSSR count). The first-order valence-electron chi connectivity index (χ1n) is 2.21. The molecule has 0 aliphatic rings. The van der Waals surface area contributed by atoms with E-state index in [4.69, 9.17) is 92.8 Å². The zero-order valence-corrected chi connectivity index (χ0v) is 11.2. The van der Waals surface area contributed by atoms with E-state index in [0.29, 0.717) is 0 Å². The Morgan fingerprint density at radius 1 is 0.583 bits per heavy atom. The molecule has 0 nitrogen and oxygen atoms in total. The van der Waals surface area contributed by atoms with E-state index in [1.807, 2.05) is 0 Å². The second-order valence-electron chi connectivity index (χ2n) is 1.19. The molecule has 0 aliphatic carbocycles. The molecule has 0 bridgehead atoms. The smallest absolute Gasteiger partial charge is 0.102 e. The average Bonchev–Trinajstić information content (AvgIpc) is 1.88. The molecule has 0 aromatic rings. The summed E-state index contributed by atoms with van der Waals surface area (Å²) in [7, 11) is 0. The van der Waals surface area contributed by atoms with Crippen molar-refractivity contribution in [1.29, 1.82) is 0 Å². The van der Waals surface area contributed by atoms with Crippen LogP contribution in [-0.4, -0.2) is 9.67 Å². The fraction of sp³-hybridized carbons (Fsp3) is 0.500. The molecule has 0 fully saturated rings. The van der Waals surface area contributed by atoms with Gasteiger partial charge in [0.1, 0.15) is 18.7 Å². The lowest BCUT2D eigenvalue weighted by atomic mass is 10.9. The average molecular weight is 334 g/mol. The lowest BCUT2D eigenvalue weighted by Crippen LogP contribution is -1.96. The molecule has 0 aromatic heterocycles. The van der Waals surface area contributed by atoms with Crippen molar-refractivity contribution in [2.45, 2.75) is 9.67 Å². The monoisotopic (exact) mass is 330 g/mol. The molecule has 0 N–H and O–H groups in total. The van der Waals surface area contributed by atoms with E-state index in [2.05, 4.69) is 0 Å². The van der Waals surface area contributed by atoms with Crippen LogP contribution in [0.3, 0.4) is 0 Å². The predicted molar refractivity (Wildman–Crippen MR) is 61.4 cm³/mol. The van der Waals surface area contributed by atoms with Gasteiger partial charge in [-0.15, -0.1) is 46.4 Å².